The molecule has 2 aromatic heterocycles. The standard InChI is InChI=1S/C19H28N6O4S2/c1-24(2)12-3-5-13(6-4-12)29-18-17-14-10-25(31(27,28)23-9-16(20)26)8-7-15(14)30-19(17)22-11-21-18/h11-13,23H,3-10H2,1-2H3,(H2,20,26)/t12-,13-. The molecule has 31 heavy (non-hydrogen) atoms. The van der Waals surface area contributed by atoms with Gasteiger partial charge in [0.25, 0.3) is 10.2 Å². The first-order chi connectivity index (χ1) is 14.7. The molecule has 0 atom stereocenters. The molecular weight excluding hydrogens is 440 g/mol. The molecule has 3 heterocycles. The predicted octanol–water partition coefficient (Wildman–Crippen LogP) is 0.621. The van der Waals surface area contributed by atoms with Crippen molar-refractivity contribution < 1.29 is 17.9 Å². The highest BCUT2D eigenvalue weighted by Crippen LogP contribution is 2.39. The summed E-state index contributed by atoms with van der Waals surface area (Å²) in [7, 11) is 0.392. The first-order valence-electron chi connectivity index (χ1n) is 10.4. The van der Waals surface area contributed by atoms with Gasteiger partial charge in [0, 0.05) is 24.0 Å². The zero-order valence-corrected chi connectivity index (χ0v) is 19.3. The highest BCUT2D eigenvalue weighted by atomic mass is 32.2. The van der Waals surface area contributed by atoms with E-state index in [1.165, 1.54) is 10.6 Å². The molecule has 1 aliphatic heterocycles. The molecule has 1 amide bonds. The quantitative estimate of drug-likeness (QED) is 0.609. The Hall–Kier alpha value is -1.86. The predicted molar refractivity (Wildman–Crippen MR) is 118 cm³/mol. The van der Waals surface area contributed by atoms with Crippen molar-refractivity contribution in [3.8, 4) is 5.88 Å². The summed E-state index contributed by atoms with van der Waals surface area (Å²) in [4.78, 5) is 24.0. The number of hydrogen-bond donors (Lipinski definition) is 2. The fraction of sp³-hybridized carbons (Fsp3) is 0.632. The number of rotatable bonds is 7. The van der Waals surface area contributed by atoms with Crippen molar-refractivity contribution in [2.45, 2.75) is 50.8 Å². The van der Waals surface area contributed by atoms with Gasteiger partial charge < -0.3 is 15.4 Å². The van der Waals surface area contributed by atoms with E-state index in [1.54, 1.807) is 11.3 Å². The first-order valence-corrected chi connectivity index (χ1v) is 12.6. The zero-order chi connectivity index (χ0) is 22.2. The number of fused-ring (bicyclic) bond motifs is 3. The molecule has 1 aliphatic carbocycles. The highest BCUT2D eigenvalue weighted by Gasteiger charge is 2.32. The average molecular weight is 469 g/mol. The molecule has 1 saturated carbocycles. The summed E-state index contributed by atoms with van der Waals surface area (Å²) in [5.74, 6) is -0.199. The van der Waals surface area contributed by atoms with Crippen LogP contribution in [0, 0.1) is 0 Å². The summed E-state index contributed by atoms with van der Waals surface area (Å²) < 4.78 is 35.1. The van der Waals surface area contributed by atoms with Gasteiger partial charge in [-0.3, -0.25) is 4.79 Å². The van der Waals surface area contributed by atoms with E-state index in [9.17, 15) is 13.2 Å². The molecule has 0 bridgehead atoms. The second-order valence-corrected chi connectivity index (χ2v) is 11.1. The summed E-state index contributed by atoms with van der Waals surface area (Å²) >= 11 is 1.56. The molecule has 12 heteroatoms. The third kappa shape index (κ3) is 4.82. The van der Waals surface area contributed by atoms with Crippen LogP contribution in [0.15, 0.2) is 6.33 Å². The number of carbonyl (C=O) groups is 1. The second kappa shape index (κ2) is 8.94. The van der Waals surface area contributed by atoms with E-state index in [1.807, 2.05) is 0 Å². The molecule has 0 unspecified atom stereocenters. The smallest absolute Gasteiger partial charge is 0.280 e. The molecular formula is C19H28N6O4S2. The van der Waals surface area contributed by atoms with E-state index in [4.69, 9.17) is 10.5 Å². The Morgan fingerprint density at radius 2 is 2.06 bits per heavy atom. The van der Waals surface area contributed by atoms with E-state index in [0.29, 0.717) is 24.9 Å². The molecule has 1 fully saturated rings. The van der Waals surface area contributed by atoms with Crippen LogP contribution in [0.1, 0.15) is 36.1 Å². The van der Waals surface area contributed by atoms with Crippen LogP contribution in [0.2, 0.25) is 0 Å². The van der Waals surface area contributed by atoms with Crippen LogP contribution in [0.25, 0.3) is 10.2 Å². The molecule has 0 aromatic carbocycles. The molecule has 3 N–H and O–H groups in total. The third-order valence-corrected chi connectivity index (χ3v) is 8.68. The SMILES string of the molecule is CN(C)[C@H]1CC[C@H](Oc2ncnc3sc4c(c23)CN(S(=O)(=O)NCC(N)=O)CC4)CC1. The van der Waals surface area contributed by atoms with Crippen LogP contribution in [-0.4, -0.2) is 72.8 Å². The summed E-state index contributed by atoms with van der Waals surface area (Å²) in [5, 5.41) is 0.798. The summed E-state index contributed by atoms with van der Waals surface area (Å²) in [6.45, 7) is 0.0792. The number of ether oxygens (including phenoxy) is 1. The fourth-order valence-electron chi connectivity index (χ4n) is 4.24. The van der Waals surface area contributed by atoms with E-state index in [0.717, 1.165) is 46.3 Å². The van der Waals surface area contributed by atoms with Gasteiger partial charge in [0.2, 0.25) is 11.8 Å². The van der Waals surface area contributed by atoms with Crippen LogP contribution in [0.4, 0.5) is 0 Å². The lowest BCUT2D eigenvalue weighted by atomic mass is 9.92. The lowest BCUT2D eigenvalue weighted by Crippen LogP contribution is -2.45. The van der Waals surface area contributed by atoms with Crippen LogP contribution in [0.3, 0.4) is 0 Å². The number of nitrogens with one attached hydrogen (secondary N) is 1. The van der Waals surface area contributed by atoms with E-state index in [-0.39, 0.29) is 12.6 Å². The highest BCUT2D eigenvalue weighted by molar-refractivity contribution is 7.87. The maximum absolute atomic E-state index is 12.6. The fourth-order valence-corrected chi connectivity index (χ4v) is 6.51. The lowest BCUT2D eigenvalue weighted by Gasteiger charge is -2.32. The lowest BCUT2D eigenvalue weighted by molar-refractivity contribution is -0.116. The monoisotopic (exact) mass is 468 g/mol. The van der Waals surface area contributed by atoms with Gasteiger partial charge >= 0.3 is 0 Å². The van der Waals surface area contributed by atoms with Crippen molar-refractivity contribution in [2.75, 3.05) is 27.2 Å². The number of amides is 1. The Labute approximate surface area is 186 Å². The van der Waals surface area contributed by atoms with Crippen molar-refractivity contribution in [2.24, 2.45) is 5.73 Å². The van der Waals surface area contributed by atoms with Gasteiger partial charge in [-0.1, -0.05) is 0 Å². The van der Waals surface area contributed by atoms with Gasteiger partial charge in [0.1, 0.15) is 17.3 Å². The van der Waals surface area contributed by atoms with Crippen molar-refractivity contribution in [3.05, 3.63) is 16.8 Å². The zero-order valence-electron chi connectivity index (χ0n) is 17.7. The van der Waals surface area contributed by atoms with Gasteiger partial charge in [-0.15, -0.1) is 11.3 Å². The Bertz CT molecular complexity index is 1060. The minimum atomic E-state index is -3.82. The molecule has 0 spiro atoms. The summed E-state index contributed by atoms with van der Waals surface area (Å²) in [5.41, 5.74) is 5.96. The third-order valence-electron chi connectivity index (χ3n) is 5.98. The number of carbonyl (C=O) groups excluding carboxylic acids is 1. The normalized spacial score (nSPS) is 22.5. The first kappa shape index (κ1) is 22.3. The number of nitrogens with two attached hydrogens (primary N) is 1. The molecule has 2 aromatic rings. The van der Waals surface area contributed by atoms with Crippen molar-refractivity contribution in [3.63, 3.8) is 0 Å². The molecule has 2 aliphatic rings. The van der Waals surface area contributed by atoms with Gasteiger partial charge in [0.05, 0.1) is 11.9 Å². The second-order valence-electron chi connectivity index (χ2n) is 8.25. The molecule has 0 radical (unpaired) electrons. The maximum atomic E-state index is 12.6. The Morgan fingerprint density at radius 1 is 1.32 bits per heavy atom. The topological polar surface area (TPSA) is 131 Å². The van der Waals surface area contributed by atoms with Crippen LogP contribution < -0.4 is 15.2 Å². The molecule has 4 rings (SSSR count). The van der Waals surface area contributed by atoms with Crippen molar-refractivity contribution in [1.82, 2.24) is 23.9 Å². The minimum Gasteiger partial charge on any atom is -0.474 e. The Balaban J connectivity index is 1.56. The Kier molecular flexibility index (Phi) is 6.44. The van der Waals surface area contributed by atoms with E-state index in [2.05, 4.69) is 33.7 Å². The van der Waals surface area contributed by atoms with Gasteiger partial charge in [-0.2, -0.15) is 17.4 Å². The largest absolute Gasteiger partial charge is 0.474 e. The number of primary amides is 1. The minimum absolute atomic E-state index is 0.0884. The van der Waals surface area contributed by atoms with E-state index >= 15 is 0 Å². The number of nitrogens with zero attached hydrogens (tertiary/aromatic N) is 4. The van der Waals surface area contributed by atoms with Crippen LogP contribution in [-0.2, 0) is 28.0 Å². The summed E-state index contributed by atoms with van der Waals surface area (Å²) in [6, 6.07) is 0.575. The number of thiophene rings is 1. The molecule has 170 valence electrons. The van der Waals surface area contributed by atoms with Crippen molar-refractivity contribution >= 4 is 37.7 Å². The van der Waals surface area contributed by atoms with Crippen LogP contribution in [0.5, 0.6) is 5.88 Å². The van der Waals surface area contributed by atoms with Crippen molar-refractivity contribution in [1.29, 1.82) is 0 Å². The van der Waals surface area contributed by atoms with Gasteiger partial charge in [-0.05, 0) is 51.8 Å². The molecule has 0 saturated heterocycles. The van der Waals surface area contributed by atoms with Gasteiger partial charge in [-0.25, -0.2) is 9.97 Å². The average Bonchev–Trinajstić information content (AvgIpc) is 3.11. The number of hydrogen-bond acceptors (Lipinski definition) is 8. The summed E-state index contributed by atoms with van der Waals surface area (Å²) in [6.07, 6.45) is 6.23. The van der Waals surface area contributed by atoms with Gasteiger partial charge in [0.15, 0.2) is 0 Å². The Morgan fingerprint density at radius 3 is 2.74 bits per heavy atom. The molecule has 10 nitrogen and oxygen atoms in total. The maximum Gasteiger partial charge on any atom is 0.280 e. The number of aromatic nitrogens is 2. The van der Waals surface area contributed by atoms with Crippen LogP contribution >= 0.6 is 11.3 Å². The van der Waals surface area contributed by atoms with E-state index < -0.39 is 22.7 Å².